The van der Waals surface area contributed by atoms with E-state index in [0.29, 0.717) is 6.54 Å². The third kappa shape index (κ3) is 3.93. The second-order valence-corrected chi connectivity index (χ2v) is 12.3. The summed E-state index contributed by atoms with van der Waals surface area (Å²) in [6.45, 7) is 15.9. The molecule has 0 bridgehead atoms. The van der Waals surface area contributed by atoms with Crippen LogP contribution in [0.2, 0.25) is 0 Å². The Morgan fingerprint density at radius 2 is 1.95 bits per heavy atom. The monoisotopic (exact) mass is 561 g/mol. The predicted octanol–water partition coefficient (Wildman–Crippen LogP) is 6.58. The van der Waals surface area contributed by atoms with Gasteiger partial charge in [0.15, 0.2) is 0 Å². The smallest absolute Gasteiger partial charge is 0.258 e. The minimum Gasteiger partial charge on any atom is -0.493 e. The van der Waals surface area contributed by atoms with Crippen LogP contribution in [0.3, 0.4) is 0 Å². The molecule has 4 aromatic rings. The standard InChI is InChI=1S/C35H36N3O2P/c1-6-21-8-10-22(11-9-21)19(4)36-28-13-12-24-18(3)31(41)15-29-32(24)33(28)26-16-38-30(34(26)37-29)14-25-23(7-2)20(5)40-17-27(25)35(38)39/h8-11,14-15,23,28,36H,4-7,12-13,16-17,41H2,1-3H3. The number of rotatable bonds is 5. The normalized spacial score (nSPS) is 18.5. The summed E-state index contributed by atoms with van der Waals surface area (Å²) >= 11 is 0. The number of nitrogens with one attached hydrogen (secondary N) is 1. The topological polar surface area (TPSA) is 56.2 Å². The molecule has 6 heteroatoms. The summed E-state index contributed by atoms with van der Waals surface area (Å²) in [6, 6.07) is 13.1. The highest BCUT2D eigenvalue weighted by Gasteiger charge is 2.36. The lowest BCUT2D eigenvalue weighted by molar-refractivity contribution is 0.162. The highest BCUT2D eigenvalue weighted by atomic mass is 31.0. The van der Waals surface area contributed by atoms with E-state index in [1.54, 1.807) is 0 Å². The first kappa shape index (κ1) is 26.2. The predicted molar refractivity (Wildman–Crippen MR) is 171 cm³/mol. The number of aryl methyl sites for hydroxylation is 2. The van der Waals surface area contributed by atoms with Crippen molar-refractivity contribution in [1.82, 2.24) is 14.9 Å². The van der Waals surface area contributed by atoms with Crippen molar-refractivity contribution < 1.29 is 4.74 Å². The van der Waals surface area contributed by atoms with Gasteiger partial charge in [-0.2, -0.15) is 0 Å². The van der Waals surface area contributed by atoms with Gasteiger partial charge in [0.1, 0.15) is 6.61 Å². The summed E-state index contributed by atoms with van der Waals surface area (Å²) in [5, 5.41) is 6.22. The molecule has 208 valence electrons. The number of fused-ring (bicyclic) bond motifs is 5. The molecule has 1 aliphatic carbocycles. The molecule has 0 amide bonds. The zero-order valence-corrected chi connectivity index (χ0v) is 25.2. The van der Waals surface area contributed by atoms with Crippen LogP contribution in [0.4, 0.5) is 0 Å². The third-order valence-corrected chi connectivity index (χ3v) is 10.1. The molecular weight excluding hydrogens is 525 g/mol. The summed E-state index contributed by atoms with van der Waals surface area (Å²) in [4.78, 5) is 19.2. The van der Waals surface area contributed by atoms with Crippen LogP contribution in [-0.2, 0) is 30.7 Å². The van der Waals surface area contributed by atoms with Gasteiger partial charge in [-0.3, -0.25) is 4.79 Å². The average Bonchev–Trinajstić information content (AvgIpc) is 3.35. The molecule has 3 atom stereocenters. The number of aromatic nitrogens is 2. The molecule has 0 spiro atoms. The number of hydrogen-bond donors (Lipinski definition) is 1. The lowest BCUT2D eigenvalue weighted by Gasteiger charge is -2.31. The molecule has 1 N–H and O–H groups in total. The van der Waals surface area contributed by atoms with Crippen molar-refractivity contribution in [2.75, 3.05) is 0 Å². The summed E-state index contributed by atoms with van der Waals surface area (Å²) in [6.07, 6.45) is 3.77. The van der Waals surface area contributed by atoms with E-state index in [1.165, 1.54) is 32.9 Å². The molecule has 3 aliphatic rings. The van der Waals surface area contributed by atoms with Gasteiger partial charge in [0.05, 0.1) is 40.8 Å². The Hall–Kier alpha value is -3.69. The molecule has 5 nitrogen and oxygen atoms in total. The molecule has 0 saturated carbocycles. The zero-order valence-electron chi connectivity index (χ0n) is 24.1. The van der Waals surface area contributed by atoms with Crippen molar-refractivity contribution in [1.29, 1.82) is 0 Å². The number of hydrogen-bond acceptors (Lipinski definition) is 4. The molecule has 0 saturated heterocycles. The largest absolute Gasteiger partial charge is 0.493 e. The molecule has 0 radical (unpaired) electrons. The summed E-state index contributed by atoms with van der Waals surface area (Å²) in [7, 11) is 2.90. The Balaban J connectivity index is 1.41. The first-order valence-corrected chi connectivity index (χ1v) is 15.3. The van der Waals surface area contributed by atoms with Crippen molar-refractivity contribution in [2.24, 2.45) is 0 Å². The van der Waals surface area contributed by atoms with E-state index in [4.69, 9.17) is 9.72 Å². The van der Waals surface area contributed by atoms with Crippen LogP contribution >= 0.6 is 9.24 Å². The van der Waals surface area contributed by atoms with Crippen LogP contribution in [0, 0.1) is 6.92 Å². The quantitative estimate of drug-likeness (QED) is 0.246. The van der Waals surface area contributed by atoms with E-state index in [2.05, 4.69) is 84.9 Å². The average molecular weight is 562 g/mol. The lowest BCUT2D eigenvalue weighted by Crippen LogP contribution is -2.29. The van der Waals surface area contributed by atoms with E-state index in [1.807, 2.05) is 4.57 Å². The SMILES string of the molecule is C=C(NC1CCc2c(C)c(P)cc3nc4c(c1c23)Cn1c-4cc2c(c1=O)COC(=C)C2CC)c1ccc(CC)cc1. The molecule has 2 aromatic carbocycles. The maximum absolute atomic E-state index is 13.9. The number of pyridine rings is 2. The Morgan fingerprint density at radius 1 is 1.17 bits per heavy atom. The lowest BCUT2D eigenvalue weighted by atomic mass is 9.81. The maximum atomic E-state index is 13.9. The fraction of sp³-hybridized carbons (Fsp3) is 0.314. The molecule has 2 aromatic heterocycles. The van der Waals surface area contributed by atoms with Gasteiger partial charge in [-0.15, -0.1) is 9.24 Å². The summed E-state index contributed by atoms with van der Waals surface area (Å²) in [5.41, 5.74) is 13.1. The van der Waals surface area contributed by atoms with Crippen LogP contribution in [0.5, 0.6) is 0 Å². The highest BCUT2D eigenvalue weighted by Crippen LogP contribution is 2.46. The molecule has 3 unspecified atom stereocenters. The highest BCUT2D eigenvalue weighted by molar-refractivity contribution is 7.27. The van der Waals surface area contributed by atoms with E-state index < -0.39 is 0 Å². The number of nitrogens with zero attached hydrogens (tertiary/aromatic N) is 2. The molecule has 4 heterocycles. The van der Waals surface area contributed by atoms with Gasteiger partial charge in [-0.05, 0) is 83.4 Å². The van der Waals surface area contributed by atoms with Crippen LogP contribution in [-0.4, -0.2) is 9.55 Å². The molecule has 0 fully saturated rings. The Labute approximate surface area is 243 Å². The number of allylic oxidation sites excluding steroid dienone is 1. The first-order chi connectivity index (χ1) is 19.8. The molecule has 41 heavy (non-hydrogen) atoms. The van der Waals surface area contributed by atoms with Gasteiger partial charge >= 0.3 is 0 Å². The second-order valence-electron chi connectivity index (χ2n) is 11.7. The molecule has 2 aliphatic heterocycles. The minimum atomic E-state index is 0.0185. The maximum Gasteiger partial charge on any atom is 0.258 e. The minimum absolute atomic E-state index is 0.0185. The van der Waals surface area contributed by atoms with Crippen molar-refractivity contribution in [2.45, 2.75) is 71.6 Å². The van der Waals surface area contributed by atoms with Gasteiger partial charge < -0.3 is 14.6 Å². The van der Waals surface area contributed by atoms with Gasteiger partial charge in [-0.1, -0.05) is 51.3 Å². The van der Waals surface area contributed by atoms with Crippen molar-refractivity contribution >= 4 is 31.1 Å². The van der Waals surface area contributed by atoms with Gasteiger partial charge in [-0.25, -0.2) is 4.98 Å². The summed E-state index contributed by atoms with van der Waals surface area (Å²) < 4.78 is 7.77. The van der Waals surface area contributed by atoms with Crippen molar-refractivity contribution in [3.8, 4) is 11.4 Å². The number of ether oxygens (including phenoxy) is 1. The van der Waals surface area contributed by atoms with E-state index >= 15 is 0 Å². The number of benzene rings is 2. The van der Waals surface area contributed by atoms with Crippen LogP contribution in [0.25, 0.3) is 28.0 Å². The zero-order chi connectivity index (χ0) is 28.6. The first-order valence-electron chi connectivity index (χ1n) is 14.7. The van der Waals surface area contributed by atoms with Gasteiger partial charge in [0, 0.05) is 22.6 Å². The molecule has 7 rings (SSSR count). The van der Waals surface area contributed by atoms with Crippen LogP contribution < -0.4 is 16.2 Å². The van der Waals surface area contributed by atoms with E-state index in [-0.39, 0.29) is 24.1 Å². The van der Waals surface area contributed by atoms with E-state index in [0.717, 1.165) is 76.3 Å². The third-order valence-electron chi connectivity index (χ3n) is 9.51. The van der Waals surface area contributed by atoms with Crippen molar-refractivity contribution in [3.63, 3.8) is 0 Å². The Kier molecular flexibility index (Phi) is 6.21. The Bertz CT molecular complexity index is 1850. The molecular formula is C35H36N3O2P. The van der Waals surface area contributed by atoms with Crippen LogP contribution in [0.15, 0.2) is 60.1 Å². The van der Waals surface area contributed by atoms with Gasteiger partial charge in [0.2, 0.25) is 0 Å². The second kappa shape index (κ2) is 9.70. The van der Waals surface area contributed by atoms with Crippen LogP contribution in [0.1, 0.15) is 83.2 Å². The van der Waals surface area contributed by atoms with Gasteiger partial charge in [0.25, 0.3) is 5.56 Å². The van der Waals surface area contributed by atoms with E-state index in [9.17, 15) is 4.79 Å². The summed E-state index contributed by atoms with van der Waals surface area (Å²) in [5.74, 6) is 0.761. The Morgan fingerprint density at radius 3 is 2.68 bits per heavy atom. The fourth-order valence-electron chi connectivity index (χ4n) is 7.14. The van der Waals surface area contributed by atoms with Crippen molar-refractivity contribution in [3.05, 3.63) is 110 Å². The fourth-order valence-corrected chi connectivity index (χ4v) is 7.47.